The van der Waals surface area contributed by atoms with Crippen LogP contribution >= 0.6 is 0 Å². The number of aromatic amines is 1. The number of aryl methyl sites for hydroxylation is 1. The molecule has 2 aliphatic rings. The summed E-state index contributed by atoms with van der Waals surface area (Å²) in [4.78, 5) is 22.6. The highest BCUT2D eigenvalue weighted by Crippen LogP contribution is 2.38. The number of halogens is 2. The van der Waals surface area contributed by atoms with Gasteiger partial charge in [0.25, 0.3) is 0 Å². The van der Waals surface area contributed by atoms with Gasteiger partial charge >= 0.3 is 6.11 Å². The summed E-state index contributed by atoms with van der Waals surface area (Å²) in [6.07, 6.45) is -0.412. The van der Waals surface area contributed by atoms with Gasteiger partial charge in [0.05, 0.1) is 17.4 Å². The summed E-state index contributed by atoms with van der Waals surface area (Å²) in [5.41, 5.74) is 8.13. The molecule has 12 nitrogen and oxygen atoms in total. The number of imidazole rings is 2. The van der Waals surface area contributed by atoms with Crippen molar-refractivity contribution in [2.45, 2.75) is 89.2 Å². The van der Waals surface area contributed by atoms with Crippen LogP contribution in [0.2, 0.25) is 0 Å². The summed E-state index contributed by atoms with van der Waals surface area (Å²) in [7, 11) is 0. The zero-order chi connectivity index (χ0) is 29.8. The first-order chi connectivity index (χ1) is 20.0. The number of fused-ring (bicyclic) bond motifs is 2. The Morgan fingerprint density at radius 1 is 1.21 bits per heavy atom. The molecule has 2 fully saturated rings. The van der Waals surface area contributed by atoms with E-state index in [2.05, 4.69) is 48.4 Å². The lowest BCUT2D eigenvalue weighted by atomic mass is 9.76. The third-order valence-electron chi connectivity index (χ3n) is 8.32. The van der Waals surface area contributed by atoms with Gasteiger partial charge in [-0.3, -0.25) is 9.47 Å². The minimum absolute atomic E-state index is 0.0908. The molecule has 1 saturated carbocycles. The van der Waals surface area contributed by atoms with Gasteiger partial charge in [-0.25, -0.2) is 19.9 Å². The van der Waals surface area contributed by atoms with Crippen LogP contribution in [0.4, 0.5) is 14.6 Å². The van der Waals surface area contributed by atoms with Crippen LogP contribution in [0.15, 0.2) is 30.9 Å². The van der Waals surface area contributed by atoms with Gasteiger partial charge in [-0.1, -0.05) is 0 Å². The number of alkyl halides is 2. The number of anilines is 1. The normalized spacial score (nSPS) is 26.5. The largest absolute Gasteiger partial charge is 0.433 e. The van der Waals surface area contributed by atoms with Gasteiger partial charge in [0.2, 0.25) is 0 Å². The monoisotopic (exact) mass is 586 g/mol. The lowest BCUT2D eigenvalue weighted by Crippen LogP contribution is -2.52. The van der Waals surface area contributed by atoms with Crippen LogP contribution < -0.4 is 10.5 Å². The van der Waals surface area contributed by atoms with Gasteiger partial charge in [-0.15, -0.1) is 0 Å². The van der Waals surface area contributed by atoms with Crippen molar-refractivity contribution in [3.8, 4) is 5.75 Å². The summed E-state index contributed by atoms with van der Waals surface area (Å²) in [6.45, 7) is 5.41. The zero-order valence-corrected chi connectivity index (χ0v) is 23.7. The van der Waals surface area contributed by atoms with Crippen LogP contribution in [0.25, 0.3) is 22.2 Å². The van der Waals surface area contributed by atoms with Gasteiger partial charge in [-0.2, -0.15) is 8.78 Å². The number of aromatic nitrogens is 6. The highest BCUT2D eigenvalue weighted by Gasteiger charge is 2.46. The summed E-state index contributed by atoms with van der Waals surface area (Å²) < 4.78 is 38.8. The number of benzene rings is 1. The number of nitrogens with one attached hydrogen (secondary N) is 1. The second kappa shape index (κ2) is 11.0. The molecule has 1 aromatic carbocycles. The van der Waals surface area contributed by atoms with E-state index in [9.17, 15) is 19.0 Å². The molecule has 0 unspecified atom stereocenters. The Kier molecular flexibility index (Phi) is 7.50. The van der Waals surface area contributed by atoms with Gasteiger partial charge < -0.3 is 30.4 Å². The first-order valence-electron chi connectivity index (χ1n) is 14.2. The molecule has 4 atom stereocenters. The smallest absolute Gasteiger partial charge is 0.394 e. The molecule has 4 heterocycles. The molecule has 0 bridgehead atoms. The molecule has 6 rings (SSSR count). The number of ether oxygens (including phenoxy) is 2. The Balaban J connectivity index is 1.04. The fourth-order valence-electron chi connectivity index (χ4n) is 6.13. The van der Waals surface area contributed by atoms with Crippen LogP contribution in [-0.4, -0.2) is 87.6 Å². The van der Waals surface area contributed by atoms with Crippen molar-refractivity contribution in [3.63, 3.8) is 0 Å². The maximum absolute atomic E-state index is 13.2. The third kappa shape index (κ3) is 5.63. The Bertz CT molecular complexity index is 1550. The Morgan fingerprint density at radius 3 is 2.74 bits per heavy atom. The van der Waals surface area contributed by atoms with Crippen molar-refractivity contribution >= 4 is 28.0 Å². The Hall–Kier alpha value is -3.46. The minimum Gasteiger partial charge on any atom is -0.433 e. The summed E-state index contributed by atoms with van der Waals surface area (Å²) in [6, 6.07) is 5.26. The topological polar surface area (TPSA) is 160 Å². The molecule has 0 amide bonds. The van der Waals surface area contributed by atoms with E-state index in [-0.39, 0.29) is 17.6 Å². The molecule has 0 spiro atoms. The average Bonchev–Trinajstić information content (AvgIpc) is 3.58. The maximum Gasteiger partial charge on any atom is 0.394 e. The molecule has 0 radical (unpaired) electrons. The van der Waals surface area contributed by atoms with E-state index < -0.39 is 30.6 Å². The van der Waals surface area contributed by atoms with Crippen LogP contribution in [-0.2, 0) is 11.2 Å². The first kappa shape index (κ1) is 28.6. The van der Waals surface area contributed by atoms with Crippen LogP contribution in [0.1, 0.15) is 52.1 Å². The quantitative estimate of drug-likeness (QED) is 0.217. The number of rotatable bonds is 10. The second-order valence-electron chi connectivity index (χ2n) is 11.7. The minimum atomic E-state index is -3.25. The van der Waals surface area contributed by atoms with E-state index in [1.807, 2.05) is 0 Å². The first-order valence-corrected chi connectivity index (χ1v) is 14.2. The van der Waals surface area contributed by atoms with Crippen molar-refractivity contribution in [2.75, 3.05) is 12.3 Å². The van der Waals surface area contributed by atoms with Gasteiger partial charge in [0, 0.05) is 38.0 Å². The van der Waals surface area contributed by atoms with Crippen LogP contribution in [0.3, 0.4) is 0 Å². The number of aliphatic hydroxyl groups excluding tert-OH is 2. The number of aliphatic hydroxyl groups is 2. The van der Waals surface area contributed by atoms with Crippen molar-refractivity contribution in [3.05, 3.63) is 36.7 Å². The van der Waals surface area contributed by atoms with Crippen molar-refractivity contribution in [2.24, 2.45) is 5.92 Å². The van der Waals surface area contributed by atoms with E-state index in [1.165, 1.54) is 18.7 Å². The molecule has 1 saturated heterocycles. The van der Waals surface area contributed by atoms with E-state index in [1.54, 1.807) is 16.7 Å². The molecule has 226 valence electrons. The molecule has 14 heteroatoms. The molecule has 3 aromatic heterocycles. The van der Waals surface area contributed by atoms with Gasteiger partial charge in [0.15, 0.2) is 17.7 Å². The van der Waals surface area contributed by atoms with E-state index in [0.717, 1.165) is 31.5 Å². The summed E-state index contributed by atoms with van der Waals surface area (Å²) >= 11 is 0. The number of nitrogens with two attached hydrogens (primary N) is 1. The Labute approximate surface area is 240 Å². The van der Waals surface area contributed by atoms with E-state index in [4.69, 9.17) is 10.5 Å². The lowest BCUT2D eigenvalue weighted by molar-refractivity contribution is -0.158. The predicted molar refractivity (Wildman–Crippen MR) is 150 cm³/mol. The number of nitrogen functional groups attached to an aromatic ring is 1. The van der Waals surface area contributed by atoms with Crippen molar-refractivity contribution < 1.29 is 28.5 Å². The number of hydrogen-bond donors (Lipinski definition) is 4. The number of hydrogen-bond acceptors (Lipinski definition) is 10. The zero-order valence-electron chi connectivity index (χ0n) is 23.7. The standard InChI is InChI=1S/C28H36F2N8O4/c1-14(2)37(11-20-23(39)24(40)27(41-20)38-13-34-22-25(31)32-12-33-26(22)38)16-8-15(9-16)4-7-21-35-18-6-5-17(10-19(18)36-21)42-28(3,29)30/h5-6,10,12-16,20,23-24,27,39-40H,4,7-9,11H2,1-3H3,(H,35,36)(H2,31,32,33)/t15?,16?,20-,23-,24-,27-/m1/s1. The fraction of sp³-hybridized carbons (Fsp3) is 0.571. The summed E-state index contributed by atoms with van der Waals surface area (Å²) in [5.74, 6) is 1.65. The molecule has 42 heavy (non-hydrogen) atoms. The van der Waals surface area contributed by atoms with Crippen LogP contribution in [0, 0.1) is 5.92 Å². The van der Waals surface area contributed by atoms with E-state index >= 15 is 0 Å². The Morgan fingerprint density at radius 2 is 2.00 bits per heavy atom. The van der Waals surface area contributed by atoms with Gasteiger partial charge in [-0.05, 0) is 51.2 Å². The van der Waals surface area contributed by atoms with Gasteiger partial charge in [0.1, 0.15) is 41.7 Å². The third-order valence-corrected chi connectivity index (χ3v) is 8.32. The number of nitrogens with zero attached hydrogens (tertiary/aromatic N) is 6. The van der Waals surface area contributed by atoms with Crippen molar-refractivity contribution in [1.29, 1.82) is 0 Å². The average molecular weight is 587 g/mol. The SMILES string of the molecule is CC(C)N(C[C@H]1O[C@@H](n2cnc3c(N)ncnc32)[C@H](O)[C@@H]1O)C1CC(CCc2nc3ccc(OC(C)(F)F)cc3[nH]2)C1. The molecular weight excluding hydrogens is 550 g/mol. The highest BCUT2D eigenvalue weighted by molar-refractivity contribution is 5.81. The molecule has 4 aromatic rings. The van der Waals surface area contributed by atoms with Crippen molar-refractivity contribution in [1.82, 2.24) is 34.4 Å². The lowest BCUT2D eigenvalue weighted by Gasteiger charge is -2.46. The second-order valence-corrected chi connectivity index (χ2v) is 11.7. The highest BCUT2D eigenvalue weighted by atomic mass is 19.3. The molecule has 1 aliphatic carbocycles. The summed E-state index contributed by atoms with van der Waals surface area (Å²) in [5, 5.41) is 21.8. The fourth-order valence-corrected chi connectivity index (χ4v) is 6.13. The van der Waals surface area contributed by atoms with E-state index in [0.29, 0.717) is 47.6 Å². The van der Waals surface area contributed by atoms with Crippen LogP contribution in [0.5, 0.6) is 5.75 Å². The molecular formula is C28H36F2N8O4. The molecule has 1 aliphatic heterocycles. The number of H-pyrrole nitrogens is 1. The maximum atomic E-state index is 13.2. The molecule has 5 N–H and O–H groups in total. The predicted octanol–water partition coefficient (Wildman–Crippen LogP) is 3.02.